The number of rotatable bonds is 5. The minimum Gasteiger partial charge on any atom is -0.341 e. The fourth-order valence-corrected chi connectivity index (χ4v) is 4.87. The van der Waals surface area contributed by atoms with E-state index in [1.807, 2.05) is 4.90 Å². The predicted octanol–water partition coefficient (Wildman–Crippen LogP) is 2.04. The van der Waals surface area contributed by atoms with Crippen molar-refractivity contribution in [1.29, 1.82) is 0 Å². The quantitative estimate of drug-likeness (QED) is 0.506. The summed E-state index contributed by atoms with van der Waals surface area (Å²) < 4.78 is 1.55. The Morgan fingerprint density at radius 1 is 1.09 bits per heavy atom. The van der Waals surface area contributed by atoms with Gasteiger partial charge in [-0.2, -0.15) is 0 Å². The summed E-state index contributed by atoms with van der Waals surface area (Å²) in [5.74, 6) is 0.964. The second-order valence-electron chi connectivity index (χ2n) is 9.24. The van der Waals surface area contributed by atoms with Crippen molar-refractivity contribution in [3.05, 3.63) is 52.6 Å². The Morgan fingerprint density at radius 3 is 2.39 bits per heavy atom. The molecule has 10 heteroatoms. The maximum Gasteiger partial charge on any atom is 0.294 e. The lowest BCUT2D eigenvalue weighted by Gasteiger charge is -2.38. The first kappa shape index (κ1) is 22.9. The Labute approximate surface area is 192 Å². The van der Waals surface area contributed by atoms with Gasteiger partial charge in [0.25, 0.3) is 11.6 Å². The van der Waals surface area contributed by atoms with Gasteiger partial charge in [-0.15, -0.1) is 0 Å². The van der Waals surface area contributed by atoms with Crippen LogP contribution in [0.1, 0.15) is 30.6 Å². The molecule has 2 aliphatic rings. The molecule has 2 aliphatic heterocycles. The van der Waals surface area contributed by atoms with E-state index in [0.29, 0.717) is 50.2 Å². The van der Waals surface area contributed by atoms with Gasteiger partial charge in [0.15, 0.2) is 0 Å². The Kier molecular flexibility index (Phi) is 6.73. The molecule has 4 rings (SSSR count). The van der Waals surface area contributed by atoms with Crippen molar-refractivity contribution in [2.75, 3.05) is 45.8 Å². The normalized spacial score (nSPS) is 21.8. The minimum atomic E-state index is -0.488. The number of piperazine rings is 1. The lowest BCUT2D eigenvalue weighted by atomic mass is 9.92. The number of piperidine rings is 1. The molecule has 1 aromatic heterocycles. The topological polar surface area (TPSA) is 105 Å². The van der Waals surface area contributed by atoms with Gasteiger partial charge in [0.05, 0.1) is 17.8 Å². The van der Waals surface area contributed by atoms with E-state index in [-0.39, 0.29) is 23.1 Å². The molecule has 0 N–H and O–H groups in total. The number of nitrogens with zero attached hydrogens (tertiary/aromatic N) is 6. The van der Waals surface area contributed by atoms with Gasteiger partial charge >= 0.3 is 0 Å². The van der Waals surface area contributed by atoms with Crippen LogP contribution < -0.4 is 0 Å². The predicted molar refractivity (Wildman–Crippen MR) is 122 cm³/mol. The smallest absolute Gasteiger partial charge is 0.294 e. The molecule has 2 unspecified atom stereocenters. The molecule has 2 amide bonds. The SMILES string of the molecule is CC1CC(C)CN(C(=O)CN2CCN(C(=O)c3ccc(-n4ccnc4)c([N+](=O)[O-])c3)CC2)C1. The third kappa shape index (κ3) is 5.22. The van der Waals surface area contributed by atoms with Gasteiger partial charge in [-0.05, 0) is 30.4 Å². The molecule has 2 saturated heterocycles. The molecule has 0 saturated carbocycles. The molecule has 10 nitrogen and oxygen atoms in total. The van der Waals surface area contributed by atoms with Gasteiger partial charge in [-0.25, -0.2) is 4.98 Å². The highest BCUT2D eigenvalue weighted by Gasteiger charge is 2.29. The van der Waals surface area contributed by atoms with Crippen molar-refractivity contribution in [2.45, 2.75) is 20.3 Å². The van der Waals surface area contributed by atoms with E-state index in [1.54, 1.807) is 34.0 Å². The lowest BCUT2D eigenvalue weighted by Crippen LogP contribution is -2.53. The third-order valence-corrected chi connectivity index (χ3v) is 6.44. The van der Waals surface area contributed by atoms with E-state index >= 15 is 0 Å². The largest absolute Gasteiger partial charge is 0.341 e. The van der Waals surface area contributed by atoms with Crippen LogP contribution in [0.25, 0.3) is 5.69 Å². The number of nitro groups is 1. The van der Waals surface area contributed by atoms with E-state index in [0.717, 1.165) is 19.5 Å². The Hall–Kier alpha value is -3.27. The van der Waals surface area contributed by atoms with Crippen LogP contribution in [0.3, 0.4) is 0 Å². The van der Waals surface area contributed by atoms with Crippen molar-refractivity contribution in [2.24, 2.45) is 11.8 Å². The van der Waals surface area contributed by atoms with Gasteiger partial charge in [-0.1, -0.05) is 13.8 Å². The highest BCUT2D eigenvalue weighted by molar-refractivity contribution is 5.95. The van der Waals surface area contributed by atoms with Gasteiger partial charge in [-0.3, -0.25) is 24.6 Å². The summed E-state index contributed by atoms with van der Waals surface area (Å²) in [5, 5.41) is 11.6. The molecule has 0 radical (unpaired) electrons. The summed E-state index contributed by atoms with van der Waals surface area (Å²) in [4.78, 5) is 46.5. The number of aromatic nitrogens is 2. The molecular weight excluding hydrogens is 424 g/mol. The summed E-state index contributed by atoms with van der Waals surface area (Å²) >= 11 is 0. The van der Waals surface area contributed by atoms with E-state index in [9.17, 15) is 19.7 Å². The molecular formula is C23H30N6O4. The Balaban J connectivity index is 1.36. The first-order chi connectivity index (χ1) is 15.8. The number of nitro benzene ring substituents is 1. The zero-order valence-corrected chi connectivity index (χ0v) is 19.1. The number of hydrogen-bond acceptors (Lipinski definition) is 6. The second-order valence-corrected chi connectivity index (χ2v) is 9.24. The third-order valence-electron chi connectivity index (χ3n) is 6.44. The zero-order valence-electron chi connectivity index (χ0n) is 19.1. The summed E-state index contributed by atoms with van der Waals surface area (Å²) in [6.45, 7) is 8.54. The van der Waals surface area contributed by atoms with Crippen molar-refractivity contribution >= 4 is 17.5 Å². The molecule has 0 aliphatic carbocycles. The van der Waals surface area contributed by atoms with Crippen molar-refractivity contribution in [3.8, 4) is 5.69 Å². The number of carbonyl (C=O) groups is 2. The first-order valence-electron chi connectivity index (χ1n) is 11.4. The molecule has 2 fully saturated rings. The number of carbonyl (C=O) groups excluding carboxylic acids is 2. The fourth-order valence-electron chi connectivity index (χ4n) is 4.87. The Bertz CT molecular complexity index is 1010. The Morgan fingerprint density at radius 2 is 1.79 bits per heavy atom. The maximum absolute atomic E-state index is 13.0. The average Bonchev–Trinajstić information content (AvgIpc) is 3.33. The molecule has 33 heavy (non-hydrogen) atoms. The highest BCUT2D eigenvalue weighted by Crippen LogP contribution is 2.25. The monoisotopic (exact) mass is 454 g/mol. The molecule has 2 aromatic rings. The second kappa shape index (κ2) is 9.70. The first-order valence-corrected chi connectivity index (χ1v) is 11.4. The summed E-state index contributed by atoms with van der Waals surface area (Å²) in [7, 11) is 0. The number of amides is 2. The lowest BCUT2D eigenvalue weighted by molar-refractivity contribution is -0.384. The van der Waals surface area contributed by atoms with Crippen LogP contribution in [-0.2, 0) is 4.79 Å². The molecule has 2 atom stereocenters. The number of hydrogen-bond donors (Lipinski definition) is 0. The van der Waals surface area contributed by atoms with Crippen LogP contribution in [-0.4, -0.2) is 86.8 Å². The highest BCUT2D eigenvalue weighted by atomic mass is 16.6. The zero-order chi connectivity index (χ0) is 23.5. The van der Waals surface area contributed by atoms with Crippen LogP contribution in [0.5, 0.6) is 0 Å². The molecule has 3 heterocycles. The summed E-state index contributed by atoms with van der Waals surface area (Å²) in [6, 6.07) is 4.51. The summed E-state index contributed by atoms with van der Waals surface area (Å²) in [5.41, 5.74) is 0.498. The van der Waals surface area contributed by atoms with Crippen LogP contribution >= 0.6 is 0 Å². The van der Waals surface area contributed by atoms with Crippen LogP contribution in [0.15, 0.2) is 36.9 Å². The number of imidazole rings is 1. The van der Waals surface area contributed by atoms with Crippen molar-refractivity contribution < 1.29 is 14.5 Å². The fraction of sp³-hybridized carbons (Fsp3) is 0.522. The molecule has 0 spiro atoms. The van der Waals surface area contributed by atoms with Crippen LogP contribution in [0.4, 0.5) is 5.69 Å². The van der Waals surface area contributed by atoms with Crippen LogP contribution in [0, 0.1) is 22.0 Å². The van der Waals surface area contributed by atoms with E-state index in [1.165, 1.54) is 12.4 Å². The van der Waals surface area contributed by atoms with E-state index in [2.05, 4.69) is 23.7 Å². The average molecular weight is 455 g/mol. The van der Waals surface area contributed by atoms with Gasteiger partial charge in [0.2, 0.25) is 5.91 Å². The van der Waals surface area contributed by atoms with Crippen molar-refractivity contribution in [3.63, 3.8) is 0 Å². The maximum atomic E-state index is 13.0. The van der Waals surface area contributed by atoms with Gasteiger partial charge in [0, 0.05) is 63.3 Å². The number of benzene rings is 1. The molecule has 0 bridgehead atoms. The number of likely N-dealkylation sites (tertiary alicyclic amines) is 1. The summed E-state index contributed by atoms with van der Waals surface area (Å²) in [6.07, 6.45) is 5.80. The van der Waals surface area contributed by atoms with Gasteiger partial charge < -0.3 is 14.4 Å². The van der Waals surface area contributed by atoms with Gasteiger partial charge in [0.1, 0.15) is 5.69 Å². The minimum absolute atomic E-state index is 0.145. The van der Waals surface area contributed by atoms with E-state index < -0.39 is 4.92 Å². The van der Waals surface area contributed by atoms with E-state index in [4.69, 9.17) is 0 Å². The molecule has 176 valence electrons. The van der Waals surface area contributed by atoms with Crippen molar-refractivity contribution in [1.82, 2.24) is 24.3 Å². The molecule has 1 aromatic carbocycles. The van der Waals surface area contributed by atoms with Crippen LogP contribution in [0.2, 0.25) is 0 Å². The standard InChI is InChI=1S/C23H30N6O4/c1-17-11-18(2)14-28(13-17)22(30)15-25-7-9-26(10-8-25)23(31)19-3-4-20(21(12-19)29(32)33)27-6-5-24-16-27/h3-6,12,16-18H,7-11,13-15H2,1-2H3.